The summed E-state index contributed by atoms with van der Waals surface area (Å²) < 4.78 is 37.5. The largest absolute Gasteiger partial charge is 0.416 e. The molecule has 1 aromatic rings. The number of hydrogen-bond acceptors (Lipinski definition) is 1. The Morgan fingerprint density at radius 2 is 1.94 bits per heavy atom. The van der Waals surface area contributed by atoms with Crippen molar-refractivity contribution in [3.8, 4) is 6.07 Å². The predicted octanol–water partition coefficient (Wildman–Crippen LogP) is 4.19. The molecule has 0 radical (unpaired) electrons. The molecule has 0 spiro atoms. The van der Waals surface area contributed by atoms with Crippen LogP contribution in [0.15, 0.2) is 24.3 Å². The molecular weight excluding hydrogens is 227 g/mol. The molecule has 92 valence electrons. The van der Waals surface area contributed by atoms with Gasteiger partial charge in [0.05, 0.1) is 17.0 Å². The fourth-order valence-electron chi connectivity index (χ4n) is 1.55. The van der Waals surface area contributed by atoms with Crippen LogP contribution in [0.3, 0.4) is 0 Å². The zero-order valence-electron chi connectivity index (χ0n) is 9.80. The van der Waals surface area contributed by atoms with Crippen molar-refractivity contribution in [2.75, 3.05) is 0 Å². The lowest BCUT2D eigenvalue weighted by molar-refractivity contribution is -0.137. The Balaban J connectivity index is 2.99. The van der Waals surface area contributed by atoms with Gasteiger partial charge in [-0.3, -0.25) is 0 Å². The number of rotatable bonds is 3. The van der Waals surface area contributed by atoms with Crippen LogP contribution in [0.4, 0.5) is 13.2 Å². The standard InChI is InChI=1S/C13H14F3N/c1-3-12(2,9-17)8-10-5-4-6-11(7-10)13(14,15)16/h4-7H,3,8H2,1-2H3. The fraction of sp³-hybridized carbons (Fsp3) is 0.462. The highest BCUT2D eigenvalue weighted by Gasteiger charge is 2.31. The third kappa shape index (κ3) is 3.48. The first-order valence-electron chi connectivity index (χ1n) is 5.38. The second-order valence-electron chi connectivity index (χ2n) is 4.40. The minimum absolute atomic E-state index is 0.337. The van der Waals surface area contributed by atoms with Crippen LogP contribution in [0.2, 0.25) is 0 Å². The Bertz CT molecular complexity index is 431. The van der Waals surface area contributed by atoms with Gasteiger partial charge in [-0.2, -0.15) is 18.4 Å². The van der Waals surface area contributed by atoms with Crippen LogP contribution in [0.25, 0.3) is 0 Å². The van der Waals surface area contributed by atoms with E-state index in [9.17, 15) is 13.2 Å². The summed E-state index contributed by atoms with van der Waals surface area (Å²) in [6.07, 6.45) is -3.38. The number of hydrogen-bond donors (Lipinski definition) is 0. The molecule has 0 aliphatic heterocycles. The summed E-state index contributed by atoms with van der Waals surface area (Å²) in [4.78, 5) is 0. The Morgan fingerprint density at radius 3 is 2.41 bits per heavy atom. The minimum Gasteiger partial charge on any atom is -0.198 e. The van der Waals surface area contributed by atoms with Crippen molar-refractivity contribution in [1.82, 2.24) is 0 Å². The molecule has 0 fully saturated rings. The van der Waals surface area contributed by atoms with Gasteiger partial charge in [0, 0.05) is 0 Å². The first kappa shape index (κ1) is 13.6. The maximum absolute atomic E-state index is 12.5. The second kappa shape index (κ2) is 4.79. The smallest absolute Gasteiger partial charge is 0.198 e. The van der Waals surface area contributed by atoms with Gasteiger partial charge in [0.25, 0.3) is 0 Å². The highest BCUT2D eigenvalue weighted by molar-refractivity contribution is 5.27. The lowest BCUT2D eigenvalue weighted by Crippen LogP contribution is -2.16. The van der Waals surface area contributed by atoms with Crippen molar-refractivity contribution in [2.24, 2.45) is 5.41 Å². The monoisotopic (exact) mass is 241 g/mol. The number of halogens is 3. The van der Waals surface area contributed by atoms with E-state index in [0.717, 1.165) is 12.1 Å². The highest BCUT2D eigenvalue weighted by Crippen LogP contribution is 2.31. The highest BCUT2D eigenvalue weighted by atomic mass is 19.4. The zero-order valence-corrected chi connectivity index (χ0v) is 9.80. The normalized spacial score (nSPS) is 15.1. The summed E-state index contributed by atoms with van der Waals surface area (Å²) in [6, 6.07) is 7.32. The van der Waals surface area contributed by atoms with Gasteiger partial charge >= 0.3 is 6.18 Å². The molecule has 0 N–H and O–H groups in total. The average molecular weight is 241 g/mol. The van der Waals surface area contributed by atoms with Crippen molar-refractivity contribution < 1.29 is 13.2 Å². The van der Waals surface area contributed by atoms with Gasteiger partial charge in [-0.1, -0.05) is 25.1 Å². The Kier molecular flexibility index (Phi) is 3.82. The summed E-state index contributed by atoms with van der Waals surface area (Å²) in [7, 11) is 0. The van der Waals surface area contributed by atoms with E-state index in [1.807, 2.05) is 6.92 Å². The van der Waals surface area contributed by atoms with Crippen LogP contribution < -0.4 is 0 Å². The molecule has 0 aliphatic rings. The van der Waals surface area contributed by atoms with E-state index < -0.39 is 17.2 Å². The molecule has 0 heterocycles. The van der Waals surface area contributed by atoms with Crippen LogP contribution in [0.5, 0.6) is 0 Å². The second-order valence-corrected chi connectivity index (χ2v) is 4.40. The van der Waals surface area contributed by atoms with Crippen LogP contribution in [-0.4, -0.2) is 0 Å². The van der Waals surface area contributed by atoms with Gasteiger partial charge < -0.3 is 0 Å². The lowest BCUT2D eigenvalue weighted by atomic mass is 9.82. The van der Waals surface area contributed by atoms with Gasteiger partial charge in [0.2, 0.25) is 0 Å². The molecule has 1 unspecified atom stereocenters. The Labute approximate surface area is 98.9 Å². The predicted molar refractivity (Wildman–Crippen MR) is 59.2 cm³/mol. The molecular formula is C13H14F3N. The van der Waals surface area contributed by atoms with Crippen LogP contribution >= 0.6 is 0 Å². The van der Waals surface area contributed by atoms with E-state index >= 15 is 0 Å². The first-order valence-corrected chi connectivity index (χ1v) is 5.38. The van der Waals surface area contributed by atoms with E-state index in [1.54, 1.807) is 13.0 Å². The van der Waals surface area contributed by atoms with Crippen LogP contribution in [0, 0.1) is 16.7 Å². The third-order valence-corrected chi connectivity index (χ3v) is 2.90. The van der Waals surface area contributed by atoms with Gasteiger partial charge in [0.15, 0.2) is 0 Å². The lowest BCUT2D eigenvalue weighted by Gasteiger charge is -2.19. The summed E-state index contributed by atoms with van der Waals surface area (Å²) in [5.41, 5.74) is -0.721. The molecule has 17 heavy (non-hydrogen) atoms. The molecule has 1 nitrogen and oxygen atoms in total. The summed E-state index contributed by atoms with van der Waals surface area (Å²) >= 11 is 0. The number of alkyl halides is 3. The number of nitriles is 1. The molecule has 4 heteroatoms. The molecule has 1 atom stereocenters. The minimum atomic E-state index is -4.33. The fourth-order valence-corrected chi connectivity index (χ4v) is 1.55. The van der Waals surface area contributed by atoms with Crippen molar-refractivity contribution >= 4 is 0 Å². The van der Waals surface area contributed by atoms with Crippen molar-refractivity contribution in [2.45, 2.75) is 32.9 Å². The molecule has 0 aromatic heterocycles. The van der Waals surface area contributed by atoms with Crippen molar-refractivity contribution in [3.05, 3.63) is 35.4 Å². The molecule has 0 aliphatic carbocycles. The van der Waals surface area contributed by atoms with Gasteiger partial charge in [0.1, 0.15) is 0 Å². The van der Waals surface area contributed by atoms with E-state index in [4.69, 9.17) is 5.26 Å². The summed E-state index contributed by atoms with van der Waals surface area (Å²) in [5.74, 6) is 0. The molecule has 1 rings (SSSR count). The quantitative estimate of drug-likeness (QED) is 0.778. The van der Waals surface area contributed by atoms with E-state index in [1.165, 1.54) is 6.07 Å². The van der Waals surface area contributed by atoms with Crippen molar-refractivity contribution in [1.29, 1.82) is 5.26 Å². The molecule has 0 bridgehead atoms. The molecule has 1 aromatic carbocycles. The topological polar surface area (TPSA) is 23.8 Å². The molecule has 0 amide bonds. The van der Waals surface area contributed by atoms with Crippen LogP contribution in [-0.2, 0) is 12.6 Å². The van der Waals surface area contributed by atoms with Gasteiger partial charge in [-0.25, -0.2) is 0 Å². The number of benzene rings is 1. The average Bonchev–Trinajstić information content (AvgIpc) is 2.28. The molecule has 0 saturated carbocycles. The van der Waals surface area contributed by atoms with Crippen molar-refractivity contribution in [3.63, 3.8) is 0 Å². The van der Waals surface area contributed by atoms with Gasteiger partial charge in [-0.05, 0) is 31.4 Å². The van der Waals surface area contributed by atoms with E-state index in [-0.39, 0.29) is 0 Å². The van der Waals surface area contributed by atoms with E-state index in [2.05, 4.69) is 6.07 Å². The third-order valence-electron chi connectivity index (χ3n) is 2.90. The first-order chi connectivity index (χ1) is 7.80. The SMILES string of the molecule is CCC(C)(C#N)Cc1cccc(C(F)(F)F)c1. The maximum atomic E-state index is 12.5. The van der Waals surface area contributed by atoms with E-state index in [0.29, 0.717) is 18.4 Å². The molecule has 0 saturated heterocycles. The number of nitrogens with zero attached hydrogens (tertiary/aromatic N) is 1. The van der Waals surface area contributed by atoms with Gasteiger partial charge in [-0.15, -0.1) is 0 Å². The summed E-state index contributed by atoms with van der Waals surface area (Å²) in [5, 5.41) is 9.00. The Morgan fingerprint density at radius 1 is 1.29 bits per heavy atom. The van der Waals surface area contributed by atoms with Crippen LogP contribution in [0.1, 0.15) is 31.4 Å². The Hall–Kier alpha value is -1.50. The zero-order chi connectivity index (χ0) is 13.1. The summed E-state index contributed by atoms with van der Waals surface area (Å²) in [6.45, 7) is 3.62. The maximum Gasteiger partial charge on any atom is 0.416 e.